The highest BCUT2D eigenvalue weighted by molar-refractivity contribution is 5.92. The van der Waals surface area contributed by atoms with E-state index in [1.54, 1.807) is 0 Å². The van der Waals surface area contributed by atoms with E-state index in [1.165, 1.54) is 7.11 Å². The second-order valence-corrected chi connectivity index (χ2v) is 4.02. The SMILES string of the molecule is COC1OCC2OC(C)(C)OC2/C1=N/O. The third kappa shape index (κ3) is 1.85. The topological polar surface area (TPSA) is 69.5 Å². The Kier molecular flexibility index (Phi) is 2.68. The maximum absolute atomic E-state index is 8.90. The molecule has 86 valence electrons. The molecule has 0 bridgehead atoms. The number of hydrogen-bond donors (Lipinski definition) is 1. The molecule has 2 heterocycles. The molecule has 0 radical (unpaired) electrons. The van der Waals surface area contributed by atoms with Crippen LogP contribution in [0.1, 0.15) is 13.8 Å². The average Bonchev–Trinajstić information content (AvgIpc) is 2.50. The largest absolute Gasteiger partial charge is 0.411 e. The van der Waals surface area contributed by atoms with E-state index in [0.29, 0.717) is 12.3 Å². The molecule has 15 heavy (non-hydrogen) atoms. The maximum atomic E-state index is 8.90. The Balaban J connectivity index is 2.19. The van der Waals surface area contributed by atoms with Crippen LogP contribution >= 0.6 is 0 Å². The lowest BCUT2D eigenvalue weighted by molar-refractivity contribution is -0.153. The molecule has 0 aliphatic carbocycles. The third-order valence-corrected chi connectivity index (χ3v) is 2.46. The number of oxime groups is 1. The van der Waals surface area contributed by atoms with Gasteiger partial charge < -0.3 is 24.2 Å². The summed E-state index contributed by atoms with van der Waals surface area (Å²) in [6, 6.07) is 0. The van der Waals surface area contributed by atoms with Gasteiger partial charge >= 0.3 is 0 Å². The van der Waals surface area contributed by atoms with Gasteiger partial charge in [0.05, 0.1) is 6.61 Å². The molecule has 6 nitrogen and oxygen atoms in total. The fraction of sp³-hybridized carbons (Fsp3) is 0.889. The molecule has 0 aromatic heterocycles. The molecule has 2 rings (SSSR count). The molecule has 1 N–H and O–H groups in total. The van der Waals surface area contributed by atoms with Crippen molar-refractivity contribution in [2.24, 2.45) is 5.16 Å². The smallest absolute Gasteiger partial charge is 0.203 e. The number of hydrogen-bond acceptors (Lipinski definition) is 6. The van der Waals surface area contributed by atoms with Gasteiger partial charge in [0.1, 0.15) is 17.9 Å². The Morgan fingerprint density at radius 1 is 1.47 bits per heavy atom. The van der Waals surface area contributed by atoms with Gasteiger partial charge in [-0.1, -0.05) is 5.16 Å². The molecule has 0 amide bonds. The normalized spacial score (nSPS) is 41.8. The van der Waals surface area contributed by atoms with Gasteiger partial charge in [0.2, 0.25) is 6.29 Å². The van der Waals surface area contributed by atoms with Crippen molar-refractivity contribution in [1.82, 2.24) is 0 Å². The van der Waals surface area contributed by atoms with Crippen LogP contribution < -0.4 is 0 Å². The number of nitrogens with zero attached hydrogens (tertiary/aromatic N) is 1. The maximum Gasteiger partial charge on any atom is 0.203 e. The van der Waals surface area contributed by atoms with Crippen LogP contribution in [0.25, 0.3) is 0 Å². The van der Waals surface area contributed by atoms with Crippen LogP contribution in [0, 0.1) is 0 Å². The molecule has 0 aromatic rings. The minimum Gasteiger partial charge on any atom is -0.411 e. The quantitative estimate of drug-likeness (QED) is 0.506. The van der Waals surface area contributed by atoms with Crippen molar-refractivity contribution in [2.45, 2.75) is 38.1 Å². The molecule has 0 saturated carbocycles. The molecular formula is C9H15NO5. The van der Waals surface area contributed by atoms with E-state index < -0.39 is 18.2 Å². The van der Waals surface area contributed by atoms with Crippen LogP contribution in [0.3, 0.4) is 0 Å². The summed E-state index contributed by atoms with van der Waals surface area (Å²) in [4.78, 5) is 0. The Labute approximate surface area is 87.7 Å². The first-order chi connectivity index (χ1) is 7.07. The molecule has 0 spiro atoms. The zero-order valence-electron chi connectivity index (χ0n) is 8.97. The molecule has 2 aliphatic rings. The minimum atomic E-state index is -0.683. The van der Waals surface area contributed by atoms with E-state index in [9.17, 15) is 0 Å². The van der Waals surface area contributed by atoms with Gasteiger partial charge in [0.15, 0.2) is 5.79 Å². The van der Waals surface area contributed by atoms with Crippen molar-refractivity contribution in [2.75, 3.05) is 13.7 Å². The third-order valence-electron chi connectivity index (χ3n) is 2.46. The van der Waals surface area contributed by atoms with Crippen LogP contribution in [0.2, 0.25) is 0 Å². The summed E-state index contributed by atoms with van der Waals surface area (Å²) >= 11 is 0. The molecule has 2 saturated heterocycles. The summed E-state index contributed by atoms with van der Waals surface area (Å²) in [5.41, 5.74) is 0.319. The van der Waals surface area contributed by atoms with Gasteiger partial charge in [-0.3, -0.25) is 0 Å². The zero-order valence-corrected chi connectivity index (χ0v) is 8.97. The lowest BCUT2D eigenvalue weighted by atomic mass is 10.1. The van der Waals surface area contributed by atoms with E-state index in [0.717, 1.165) is 0 Å². The highest BCUT2D eigenvalue weighted by Gasteiger charge is 2.49. The molecular weight excluding hydrogens is 202 g/mol. The highest BCUT2D eigenvalue weighted by atomic mass is 16.8. The van der Waals surface area contributed by atoms with Crippen LogP contribution in [-0.4, -0.2) is 48.9 Å². The van der Waals surface area contributed by atoms with Gasteiger partial charge in [-0.25, -0.2) is 0 Å². The number of rotatable bonds is 1. The number of methoxy groups -OCH3 is 1. The summed E-state index contributed by atoms with van der Waals surface area (Å²) in [7, 11) is 1.48. The Morgan fingerprint density at radius 2 is 2.20 bits per heavy atom. The van der Waals surface area contributed by atoms with Crippen molar-refractivity contribution in [3.05, 3.63) is 0 Å². The standard InChI is InChI=1S/C9H15NO5/c1-9(2)14-5-4-13-8(12-3)6(10-11)7(5)15-9/h5,7-8,11H,4H2,1-3H3/b10-6-. The first kappa shape index (κ1) is 10.8. The number of ether oxygens (including phenoxy) is 4. The van der Waals surface area contributed by atoms with E-state index >= 15 is 0 Å². The van der Waals surface area contributed by atoms with Crippen molar-refractivity contribution in [3.63, 3.8) is 0 Å². The Hall–Kier alpha value is -0.690. The van der Waals surface area contributed by atoms with E-state index in [-0.39, 0.29) is 6.10 Å². The number of fused-ring (bicyclic) bond motifs is 1. The lowest BCUT2D eigenvalue weighted by Crippen LogP contribution is -2.49. The van der Waals surface area contributed by atoms with Crippen molar-refractivity contribution < 1.29 is 24.2 Å². The Morgan fingerprint density at radius 3 is 2.80 bits per heavy atom. The molecule has 3 atom stereocenters. The summed E-state index contributed by atoms with van der Waals surface area (Å²) in [5, 5.41) is 12.1. The van der Waals surface area contributed by atoms with Gasteiger partial charge in [-0.05, 0) is 13.8 Å². The highest BCUT2D eigenvalue weighted by Crippen LogP contribution is 2.32. The van der Waals surface area contributed by atoms with Crippen molar-refractivity contribution in [1.29, 1.82) is 0 Å². The predicted molar refractivity (Wildman–Crippen MR) is 49.8 cm³/mol. The van der Waals surface area contributed by atoms with Gasteiger partial charge in [0.25, 0.3) is 0 Å². The first-order valence-corrected chi connectivity index (χ1v) is 4.79. The molecule has 3 unspecified atom stereocenters. The van der Waals surface area contributed by atoms with Gasteiger partial charge in [-0.15, -0.1) is 0 Å². The van der Waals surface area contributed by atoms with E-state index in [4.69, 9.17) is 24.2 Å². The summed E-state index contributed by atoms with van der Waals surface area (Å²) < 4.78 is 21.5. The zero-order chi connectivity index (χ0) is 11.1. The van der Waals surface area contributed by atoms with Gasteiger partial charge in [0, 0.05) is 7.11 Å². The lowest BCUT2D eigenvalue weighted by Gasteiger charge is -2.29. The van der Waals surface area contributed by atoms with Crippen molar-refractivity contribution in [3.8, 4) is 0 Å². The fourth-order valence-corrected chi connectivity index (χ4v) is 1.90. The van der Waals surface area contributed by atoms with Crippen LogP contribution in [0.5, 0.6) is 0 Å². The average molecular weight is 217 g/mol. The molecule has 6 heteroatoms. The van der Waals surface area contributed by atoms with Crippen LogP contribution in [0.4, 0.5) is 0 Å². The fourth-order valence-electron chi connectivity index (χ4n) is 1.90. The molecule has 2 aliphatic heterocycles. The summed E-state index contributed by atoms with van der Waals surface area (Å²) in [6.45, 7) is 3.98. The second kappa shape index (κ2) is 3.71. The van der Waals surface area contributed by atoms with Crippen molar-refractivity contribution >= 4 is 5.71 Å². The molecule has 2 fully saturated rings. The minimum absolute atomic E-state index is 0.239. The van der Waals surface area contributed by atoms with E-state index in [1.807, 2.05) is 13.8 Å². The second-order valence-electron chi connectivity index (χ2n) is 4.02. The molecule has 0 aromatic carbocycles. The Bertz CT molecular complexity index is 278. The predicted octanol–water partition coefficient (Wildman–Crippen LogP) is 0.339. The van der Waals surface area contributed by atoms with Crippen LogP contribution in [0.15, 0.2) is 5.16 Å². The first-order valence-electron chi connectivity index (χ1n) is 4.79. The van der Waals surface area contributed by atoms with E-state index in [2.05, 4.69) is 5.16 Å². The summed E-state index contributed by atoms with van der Waals surface area (Å²) in [5.74, 6) is -0.683. The van der Waals surface area contributed by atoms with Crippen LogP contribution in [-0.2, 0) is 18.9 Å². The monoisotopic (exact) mass is 217 g/mol. The summed E-state index contributed by atoms with van der Waals surface area (Å²) in [6.07, 6.45) is -1.30. The van der Waals surface area contributed by atoms with Gasteiger partial charge in [-0.2, -0.15) is 0 Å².